The van der Waals surface area contributed by atoms with Crippen molar-refractivity contribution in [3.63, 3.8) is 0 Å². The van der Waals surface area contributed by atoms with Gasteiger partial charge in [0.2, 0.25) is 0 Å². The molecule has 3 heteroatoms. The summed E-state index contributed by atoms with van der Waals surface area (Å²) in [4.78, 5) is 0. The van der Waals surface area contributed by atoms with Crippen LogP contribution >= 0.6 is 0 Å². The standard InChI is InChI=1S/C11H13N3/c1-9-4-2-5-10(8-12)11(9)14-7-3-6-13-14/h2-7H,8,12H2,1H3. The lowest BCUT2D eigenvalue weighted by Crippen LogP contribution is -2.06. The minimum atomic E-state index is 0.539. The Balaban J connectivity index is 2.61. The SMILES string of the molecule is Cc1cccc(CN)c1-n1cccn1. The second kappa shape index (κ2) is 3.64. The van der Waals surface area contributed by atoms with Crippen LogP contribution in [0.4, 0.5) is 0 Å². The molecule has 0 bridgehead atoms. The molecule has 0 aliphatic heterocycles. The van der Waals surface area contributed by atoms with Crippen molar-refractivity contribution in [3.05, 3.63) is 47.8 Å². The first-order valence-electron chi connectivity index (χ1n) is 4.61. The number of benzene rings is 1. The summed E-state index contributed by atoms with van der Waals surface area (Å²) in [6.07, 6.45) is 3.70. The topological polar surface area (TPSA) is 43.8 Å². The van der Waals surface area contributed by atoms with Crippen molar-refractivity contribution in [1.29, 1.82) is 0 Å². The minimum Gasteiger partial charge on any atom is -0.326 e. The number of rotatable bonds is 2. The summed E-state index contributed by atoms with van der Waals surface area (Å²) in [5, 5.41) is 4.22. The lowest BCUT2D eigenvalue weighted by atomic mass is 10.1. The Morgan fingerprint density at radius 2 is 2.21 bits per heavy atom. The summed E-state index contributed by atoms with van der Waals surface area (Å²) in [5.41, 5.74) is 9.09. The summed E-state index contributed by atoms with van der Waals surface area (Å²) in [7, 11) is 0. The fourth-order valence-electron chi connectivity index (χ4n) is 1.61. The molecule has 0 unspecified atom stereocenters. The van der Waals surface area contributed by atoms with Crippen LogP contribution in [0.2, 0.25) is 0 Å². The van der Waals surface area contributed by atoms with E-state index in [1.165, 1.54) is 5.56 Å². The number of hydrogen-bond acceptors (Lipinski definition) is 2. The Kier molecular flexibility index (Phi) is 2.33. The number of aryl methyl sites for hydroxylation is 1. The summed E-state index contributed by atoms with van der Waals surface area (Å²) >= 11 is 0. The van der Waals surface area contributed by atoms with Gasteiger partial charge in [0.1, 0.15) is 0 Å². The number of aromatic nitrogens is 2. The Morgan fingerprint density at radius 1 is 1.36 bits per heavy atom. The first-order chi connectivity index (χ1) is 6.83. The Morgan fingerprint density at radius 3 is 2.86 bits per heavy atom. The van der Waals surface area contributed by atoms with Crippen LogP contribution in [0.1, 0.15) is 11.1 Å². The number of para-hydroxylation sites is 1. The molecule has 1 aromatic heterocycles. The molecule has 1 heterocycles. The van der Waals surface area contributed by atoms with E-state index in [1.54, 1.807) is 6.20 Å². The van der Waals surface area contributed by atoms with E-state index in [1.807, 2.05) is 29.1 Å². The van der Waals surface area contributed by atoms with E-state index in [4.69, 9.17) is 5.73 Å². The van der Waals surface area contributed by atoms with E-state index in [-0.39, 0.29) is 0 Å². The average Bonchev–Trinajstić information content (AvgIpc) is 2.70. The van der Waals surface area contributed by atoms with Crippen LogP contribution in [0.5, 0.6) is 0 Å². The van der Waals surface area contributed by atoms with Crippen molar-refractivity contribution in [3.8, 4) is 5.69 Å². The van der Waals surface area contributed by atoms with E-state index < -0.39 is 0 Å². The molecule has 3 nitrogen and oxygen atoms in total. The van der Waals surface area contributed by atoms with E-state index in [0.29, 0.717) is 6.54 Å². The molecule has 0 fully saturated rings. The fourth-order valence-corrected chi connectivity index (χ4v) is 1.61. The molecule has 14 heavy (non-hydrogen) atoms. The highest BCUT2D eigenvalue weighted by molar-refractivity contribution is 5.46. The van der Waals surface area contributed by atoms with Crippen molar-refractivity contribution < 1.29 is 0 Å². The van der Waals surface area contributed by atoms with Crippen LogP contribution in [-0.4, -0.2) is 9.78 Å². The third-order valence-corrected chi connectivity index (χ3v) is 2.27. The summed E-state index contributed by atoms with van der Waals surface area (Å²) in [6.45, 7) is 2.60. The van der Waals surface area contributed by atoms with Gasteiger partial charge in [-0.25, -0.2) is 4.68 Å². The van der Waals surface area contributed by atoms with Crippen molar-refractivity contribution in [2.45, 2.75) is 13.5 Å². The van der Waals surface area contributed by atoms with Gasteiger partial charge in [-0.1, -0.05) is 18.2 Å². The summed E-state index contributed by atoms with van der Waals surface area (Å²) < 4.78 is 1.86. The molecule has 2 N–H and O–H groups in total. The van der Waals surface area contributed by atoms with Gasteiger partial charge in [0.05, 0.1) is 5.69 Å². The molecule has 72 valence electrons. The van der Waals surface area contributed by atoms with Gasteiger partial charge in [-0.3, -0.25) is 0 Å². The van der Waals surface area contributed by atoms with Gasteiger partial charge in [-0.05, 0) is 24.1 Å². The summed E-state index contributed by atoms with van der Waals surface area (Å²) in [6, 6.07) is 8.03. The molecular weight excluding hydrogens is 174 g/mol. The zero-order valence-corrected chi connectivity index (χ0v) is 8.14. The predicted molar refractivity (Wildman–Crippen MR) is 56.2 cm³/mol. The molecule has 0 aliphatic carbocycles. The molecule has 2 rings (SSSR count). The van der Waals surface area contributed by atoms with Crippen molar-refractivity contribution in [2.24, 2.45) is 5.73 Å². The molecule has 0 aliphatic rings. The second-order valence-electron chi connectivity index (χ2n) is 3.24. The van der Waals surface area contributed by atoms with Crippen LogP contribution < -0.4 is 5.73 Å². The van der Waals surface area contributed by atoms with E-state index in [2.05, 4.69) is 18.1 Å². The monoisotopic (exact) mass is 187 g/mol. The van der Waals surface area contributed by atoms with Gasteiger partial charge in [0.25, 0.3) is 0 Å². The maximum absolute atomic E-state index is 5.68. The smallest absolute Gasteiger partial charge is 0.0719 e. The zero-order valence-electron chi connectivity index (χ0n) is 8.14. The van der Waals surface area contributed by atoms with Crippen LogP contribution in [0, 0.1) is 6.92 Å². The quantitative estimate of drug-likeness (QED) is 0.776. The van der Waals surface area contributed by atoms with Gasteiger partial charge < -0.3 is 5.73 Å². The first-order valence-corrected chi connectivity index (χ1v) is 4.61. The predicted octanol–water partition coefficient (Wildman–Crippen LogP) is 1.64. The van der Waals surface area contributed by atoms with Gasteiger partial charge >= 0.3 is 0 Å². The average molecular weight is 187 g/mol. The molecule has 0 saturated carbocycles. The third kappa shape index (κ3) is 1.42. The fraction of sp³-hybridized carbons (Fsp3) is 0.182. The second-order valence-corrected chi connectivity index (χ2v) is 3.24. The highest BCUT2D eigenvalue weighted by Crippen LogP contribution is 2.17. The van der Waals surface area contributed by atoms with Crippen LogP contribution in [0.15, 0.2) is 36.7 Å². The number of hydrogen-bond donors (Lipinski definition) is 1. The van der Waals surface area contributed by atoms with Crippen molar-refractivity contribution >= 4 is 0 Å². The lowest BCUT2D eigenvalue weighted by Gasteiger charge is -2.10. The number of nitrogens with zero attached hydrogens (tertiary/aromatic N) is 2. The van der Waals surface area contributed by atoms with E-state index in [0.717, 1.165) is 11.3 Å². The van der Waals surface area contributed by atoms with Gasteiger partial charge in [0.15, 0.2) is 0 Å². The minimum absolute atomic E-state index is 0.539. The number of nitrogens with two attached hydrogens (primary N) is 1. The molecular formula is C11H13N3. The lowest BCUT2D eigenvalue weighted by molar-refractivity contribution is 0.850. The molecule has 0 amide bonds. The highest BCUT2D eigenvalue weighted by atomic mass is 15.3. The first kappa shape index (κ1) is 8.97. The molecule has 2 aromatic rings. The Bertz CT molecular complexity index is 418. The van der Waals surface area contributed by atoms with Crippen LogP contribution in [0.3, 0.4) is 0 Å². The molecule has 0 saturated heterocycles. The molecule has 0 radical (unpaired) electrons. The van der Waals surface area contributed by atoms with Gasteiger partial charge in [0, 0.05) is 18.9 Å². The largest absolute Gasteiger partial charge is 0.326 e. The van der Waals surface area contributed by atoms with Crippen molar-refractivity contribution in [1.82, 2.24) is 9.78 Å². The molecule has 1 aromatic carbocycles. The van der Waals surface area contributed by atoms with E-state index in [9.17, 15) is 0 Å². The Hall–Kier alpha value is -1.61. The zero-order chi connectivity index (χ0) is 9.97. The molecule has 0 spiro atoms. The van der Waals surface area contributed by atoms with Gasteiger partial charge in [-0.2, -0.15) is 5.10 Å². The molecule has 0 atom stereocenters. The van der Waals surface area contributed by atoms with Gasteiger partial charge in [-0.15, -0.1) is 0 Å². The van der Waals surface area contributed by atoms with Crippen LogP contribution in [-0.2, 0) is 6.54 Å². The maximum Gasteiger partial charge on any atom is 0.0719 e. The summed E-state index contributed by atoms with van der Waals surface area (Å²) in [5.74, 6) is 0. The van der Waals surface area contributed by atoms with Crippen molar-refractivity contribution in [2.75, 3.05) is 0 Å². The Labute approximate surface area is 83.2 Å². The maximum atomic E-state index is 5.68. The third-order valence-electron chi connectivity index (χ3n) is 2.27. The van der Waals surface area contributed by atoms with E-state index >= 15 is 0 Å². The normalized spacial score (nSPS) is 10.4. The highest BCUT2D eigenvalue weighted by Gasteiger charge is 2.05. The van der Waals surface area contributed by atoms with Crippen LogP contribution in [0.25, 0.3) is 5.69 Å².